The van der Waals surface area contributed by atoms with Crippen molar-refractivity contribution in [1.29, 1.82) is 0 Å². The van der Waals surface area contributed by atoms with Crippen molar-refractivity contribution in [3.8, 4) is 0 Å². The minimum absolute atomic E-state index is 0.269. The van der Waals surface area contributed by atoms with Crippen molar-refractivity contribution in [3.05, 3.63) is 59.7 Å². The van der Waals surface area contributed by atoms with E-state index >= 15 is 0 Å². The standard InChI is InChI=1S/C26H35BN2O4/c1-6-31-24(30)20-11-13-22(14-12-20)29-17-15-28(16-18-29)19-21-9-7-8-10-23(21)27-32-25(2,3)26(4,5)33-27/h7-14H,6,15-19H2,1-5H3. The van der Waals surface area contributed by atoms with Crippen molar-refractivity contribution in [2.24, 2.45) is 0 Å². The topological polar surface area (TPSA) is 51.2 Å². The molecular formula is C26H35BN2O4. The van der Waals surface area contributed by atoms with E-state index in [1.807, 2.05) is 31.2 Å². The lowest BCUT2D eigenvalue weighted by atomic mass is 9.76. The maximum absolute atomic E-state index is 11.9. The van der Waals surface area contributed by atoms with Crippen LogP contribution in [0.15, 0.2) is 48.5 Å². The maximum Gasteiger partial charge on any atom is 0.495 e. The number of rotatable bonds is 6. The van der Waals surface area contributed by atoms with E-state index in [1.54, 1.807) is 0 Å². The van der Waals surface area contributed by atoms with E-state index < -0.39 is 0 Å². The number of hydrogen-bond donors (Lipinski definition) is 0. The average molecular weight is 450 g/mol. The van der Waals surface area contributed by atoms with E-state index in [2.05, 4.69) is 61.8 Å². The van der Waals surface area contributed by atoms with E-state index in [4.69, 9.17) is 14.0 Å². The third-order valence-corrected chi connectivity index (χ3v) is 7.07. The molecule has 176 valence electrons. The molecule has 2 aliphatic rings. The molecular weight excluding hydrogens is 415 g/mol. The molecule has 0 atom stereocenters. The molecule has 2 fully saturated rings. The first-order chi connectivity index (χ1) is 15.7. The zero-order valence-electron chi connectivity index (χ0n) is 20.5. The SMILES string of the molecule is CCOC(=O)c1ccc(N2CCN(Cc3ccccc3B3OC(C)(C)C(C)(C)O3)CC2)cc1. The normalized spacial score (nSPS) is 20.2. The lowest BCUT2D eigenvalue weighted by Gasteiger charge is -2.36. The average Bonchev–Trinajstić information content (AvgIpc) is 3.01. The molecule has 2 saturated heterocycles. The molecule has 7 heteroatoms. The van der Waals surface area contributed by atoms with Crippen LogP contribution < -0.4 is 10.4 Å². The third kappa shape index (κ3) is 5.10. The molecule has 0 aliphatic carbocycles. The third-order valence-electron chi connectivity index (χ3n) is 7.07. The Morgan fingerprint density at radius 3 is 2.15 bits per heavy atom. The van der Waals surface area contributed by atoms with Crippen molar-refractivity contribution in [3.63, 3.8) is 0 Å². The number of benzene rings is 2. The number of anilines is 1. The fraction of sp³-hybridized carbons (Fsp3) is 0.500. The van der Waals surface area contributed by atoms with Crippen LogP contribution in [0.25, 0.3) is 0 Å². The van der Waals surface area contributed by atoms with Crippen LogP contribution in [-0.2, 0) is 20.6 Å². The summed E-state index contributed by atoms with van der Waals surface area (Å²) in [6.07, 6.45) is 0. The number of esters is 1. The molecule has 0 bridgehead atoms. The van der Waals surface area contributed by atoms with Gasteiger partial charge in [-0.1, -0.05) is 24.3 Å². The van der Waals surface area contributed by atoms with Gasteiger partial charge in [-0.3, -0.25) is 4.90 Å². The summed E-state index contributed by atoms with van der Waals surface area (Å²) in [5.74, 6) is -0.269. The Hall–Kier alpha value is -2.35. The van der Waals surface area contributed by atoms with Gasteiger partial charge in [0.1, 0.15) is 0 Å². The Morgan fingerprint density at radius 1 is 0.939 bits per heavy atom. The summed E-state index contributed by atoms with van der Waals surface area (Å²) >= 11 is 0. The zero-order chi connectivity index (χ0) is 23.6. The van der Waals surface area contributed by atoms with Gasteiger partial charge in [0.2, 0.25) is 0 Å². The highest BCUT2D eigenvalue weighted by Gasteiger charge is 2.52. The number of hydrogen-bond acceptors (Lipinski definition) is 6. The van der Waals surface area contributed by atoms with Gasteiger partial charge in [0.25, 0.3) is 0 Å². The molecule has 0 aromatic heterocycles. The van der Waals surface area contributed by atoms with Gasteiger partial charge in [0.05, 0.1) is 23.4 Å². The molecule has 33 heavy (non-hydrogen) atoms. The number of carbonyl (C=O) groups excluding carboxylic acids is 1. The van der Waals surface area contributed by atoms with Gasteiger partial charge >= 0.3 is 13.1 Å². The Labute approximate surface area is 198 Å². The number of ether oxygens (including phenoxy) is 1. The molecule has 0 unspecified atom stereocenters. The van der Waals surface area contributed by atoms with E-state index in [9.17, 15) is 4.79 Å². The van der Waals surface area contributed by atoms with Gasteiger partial charge in [-0.05, 0) is 69.9 Å². The molecule has 0 N–H and O–H groups in total. The van der Waals surface area contributed by atoms with Crippen molar-refractivity contribution in [1.82, 2.24) is 4.90 Å². The Kier molecular flexibility index (Phi) is 6.84. The van der Waals surface area contributed by atoms with Crippen LogP contribution in [0.3, 0.4) is 0 Å². The molecule has 4 rings (SSSR count). The van der Waals surface area contributed by atoms with Crippen LogP contribution in [0.1, 0.15) is 50.5 Å². The zero-order valence-corrected chi connectivity index (χ0v) is 20.5. The van der Waals surface area contributed by atoms with Crippen LogP contribution in [0.2, 0.25) is 0 Å². The van der Waals surface area contributed by atoms with Crippen LogP contribution in [0.4, 0.5) is 5.69 Å². The summed E-state index contributed by atoms with van der Waals surface area (Å²) < 4.78 is 17.7. The highest BCUT2D eigenvalue weighted by Crippen LogP contribution is 2.36. The quantitative estimate of drug-likeness (QED) is 0.496. The van der Waals surface area contributed by atoms with Crippen molar-refractivity contribution in [2.75, 3.05) is 37.7 Å². The van der Waals surface area contributed by atoms with Gasteiger partial charge in [0.15, 0.2) is 0 Å². The lowest BCUT2D eigenvalue weighted by molar-refractivity contribution is 0.00578. The number of nitrogens with zero attached hydrogens (tertiary/aromatic N) is 2. The first-order valence-corrected chi connectivity index (χ1v) is 11.9. The van der Waals surface area contributed by atoms with E-state index in [0.717, 1.165) is 43.9 Å². The van der Waals surface area contributed by atoms with Crippen LogP contribution in [0, 0.1) is 0 Å². The van der Waals surface area contributed by atoms with E-state index in [0.29, 0.717) is 12.2 Å². The molecule has 6 nitrogen and oxygen atoms in total. The second kappa shape index (κ2) is 9.49. The summed E-state index contributed by atoms with van der Waals surface area (Å²) in [5, 5.41) is 0. The first-order valence-electron chi connectivity index (χ1n) is 11.9. The summed E-state index contributed by atoms with van der Waals surface area (Å²) in [7, 11) is -0.342. The summed E-state index contributed by atoms with van der Waals surface area (Å²) in [5.41, 5.74) is 3.41. The molecule has 2 aromatic carbocycles. The predicted octanol–water partition coefficient (Wildman–Crippen LogP) is 3.48. The molecule has 0 spiro atoms. The lowest BCUT2D eigenvalue weighted by Crippen LogP contribution is -2.47. The summed E-state index contributed by atoms with van der Waals surface area (Å²) in [4.78, 5) is 16.7. The molecule has 2 heterocycles. The van der Waals surface area contributed by atoms with Crippen molar-refractivity contribution >= 4 is 24.2 Å². The smallest absolute Gasteiger partial charge is 0.462 e. The second-order valence-electron chi connectivity index (χ2n) is 9.82. The maximum atomic E-state index is 11.9. The molecule has 2 aromatic rings. The van der Waals surface area contributed by atoms with Crippen LogP contribution in [-0.4, -0.2) is 62.0 Å². The molecule has 0 radical (unpaired) electrons. The molecule has 2 aliphatic heterocycles. The van der Waals surface area contributed by atoms with Gasteiger partial charge in [-0.25, -0.2) is 4.79 Å². The minimum Gasteiger partial charge on any atom is -0.462 e. The van der Waals surface area contributed by atoms with Crippen molar-refractivity contribution in [2.45, 2.75) is 52.4 Å². The number of piperazine rings is 1. The van der Waals surface area contributed by atoms with Gasteiger partial charge in [0, 0.05) is 38.4 Å². The Morgan fingerprint density at radius 2 is 1.55 bits per heavy atom. The van der Waals surface area contributed by atoms with Crippen LogP contribution in [0.5, 0.6) is 0 Å². The van der Waals surface area contributed by atoms with Gasteiger partial charge in [-0.2, -0.15) is 0 Å². The largest absolute Gasteiger partial charge is 0.495 e. The summed E-state index contributed by atoms with van der Waals surface area (Å²) in [6.45, 7) is 15.3. The van der Waals surface area contributed by atoms with Crippen LogP contribution >= 0.6 is 0 Å². The fourth-order valence-electron chi connectivity index (χ4n) is 4.31. The number of carbonyl (C=O) groups is 1. The molecule has 0 amide bonds. The molecule has 0 saturated carbocycles. The van der Waals surface area contributed by atoms with Gasteiger partial charge in [-0.15, -0.1) is 0 Å². The highest BCUT2D eigenvalue weighted by atomic mass is 16.7. The Balaban J connectivity index is 1.37. The van der Waals surface area contributed by atoms with Crippen molar-refractivity contribution < 1.29 is 18.8 Å². The second-order valence-corrected chi connectivity index (χ2v) is 9.82. The van der Waals surface area contributed by atoms with E-state index in [-0.39, 0.29) is 24.3 Å². The first kappa shape index (κ1) is 23.8. The summed E-state index contributed by atoms with van der Waals surface area (Å²) in [6, 6.07) is 16.2. The predicted molar refractivity (Wildman–Crippen MR) is 132 cm³/mol. The minimum atomic E-state index is -0.348. The fourth-order valence-corrected chi connectivity index (χ4v) is 4.31. The Bertz CT molecular complexity index is 953. The monoisotopic (exact) mass is 450 g/mol. The van der Waals surface area contributed by atoms with Gasteiger partial charge < -0.3 is 18.9 Å². The van der Waals surface area contributed by atoms with E-state index in [1.165, 1.54) is 5.56 Å². The highest BCUT2D eigenvalue weighted by molar-refractivity contribution is 6.62.